The molecule has 3 fully saturated rings. The van der Waals surface area contributed by atoms with Gasteiger partial charge in [0.1, 0.15) is 0 Å². The number of halogens is 1. The van der Waals surface area contributed by atoms with Gasteiger partial charge in [0, 0.05) is 16.0 Å². The molecule has 2 aliphatic heterocycles. The monoisotopic (exact) mass is 515 g/mol. The second-order valence-corrected chi connectivity index (χ2v) is 10.3. The van der Waals surface area contributed by atoms with Gasteiger partial charge in [-0.3, -0.25) is 9.59 Å². The van der Waals surface area contributed by atoms with Crippen molar-refractivity contribution in [3.63, 3.8) is 0 Å². The average molecular weight is 516 g/mol. The van der Waals surface area contributed by atoms with Gasteiger partial charge in [0.25, 0.3) is 0 Å². The highest BCUT2D eigenvalue weighted by Gasteiger charge is 2.94. The van der Waals surface area contributed by atoms with Crippen molar-refractivity contribution in [3.05, 3.63) is 94.0 Å². The highest BCUT2D eigenvalue weighted by molar-refractivity contribution is 9.10. The van der Waals surface area contributed by atoms with Crippen LogP contribution < -0.4 is 0 Å². The van der Waals surface area contributed by atoms with Crippen molar-refractivity contribution in [1.82, 2.24) is 4.90 Å². The molecule has 170 valence electrons. The molecule has 0 N–H and O–H groups in total. The van der Waals surface area contributed by atoms with Crippen molar-refractivity contribution in [2.75, 3.05) is 13.2 Å². The summed E-state index contributed by atoms with van der Waals surface area (Å²) in [6.45, 7) is 2.42. The molecule has 1 amide bonds. The molecule has 0 radical (unpaired) electrons. The predicted octanol–water partition coefficient (Wildman–Crippen LogP) is 4.83. The summed E-state index contributed by atoms with van der Waals surface area (Å²) in [5.74, 6) is -0.849. The average Bonchev–Trinajstić information content (AvgIpc) is 3.07. The Hall–Kier alpha value is -2.96. The van der Waals surface area contributed by atoms with Gasteiger partial charge in [-0.05, 0) is 41.3 Å². The van der Waals surface area contributed by atoms with E-state index in [4.69, 9.17) is 9.47 Å². The minimum absolute atomic E-state index is 0.183. The van der Waals surface area contributed by atoms with Crippen LogP contribution in [0.5, 0.6) is 0 Å². The molecule has 0 bridgehead atoms. The van der Waals surface area contributed by atoms with Gasteiger partial charge in [0.2, 0.25) is 5.91 Å². The van der Waals surface area contributed by atoms with Crippen molar-refractivity contribution in [3.8, 4) is 11.1 Å². The molecule has 3 aromatic rings. The van der Waals surface area contributed by atoms with Crippen LogP contribution in [0.2, 0.25) is 0 Å². The van der Waals surface area contributed by atoms with Gasteiger partial charge in [0.05, 0.1) is 24.7 Å². The maximum Gasteiger partial charge on any atom is 0.323 e. The van der Waals surface area contributed by atoms with Crippen LogP contribution in [-0.2, 0) is 24.5 Å². The van der Waals surface area contributed by atoms with Gasteiger partial charge in [0.15, 0.2) is 11.6 Å². The van der Waals surface area contributed by atoms with Crippen LogP contribution in [0.4, 0.5) is 0 Å². The molecule has 34 heavy (non-hydrogen) atoms. The lowest BCUT2D eigenvalue weighted by Gasteiger charge is -2.32. The largest absolute Gasteiger partial charge is 0.465 e. The van der Waals surface area contributed by atoms with Gasteiger partial charge in [-0.25, -0.2) is 0 Å². The topological polar surface area (TPSA) is 55.8 Å². The third kappa shape index (κ3) is 2.11. The second-order valence-electron chi connectivity index (χ2n) is 9.43. The molecule has 2 aliphatic carbocycles. The number of carbonyl (C=O) groups is 2. The zero-order valence-electron chi connectivity index (χ0n) is 18.5. The summed E-state index contributed by atoms with van der Waals surface area (Å²) in [7, 11) is 0. The van der Waals surface area contributed by atoms with E-state index >= 15 is 0 Å². The first-order valence-electron chi connectivity index (χ1n) is 11.6. The van der Waals surface area contributed by atoms with Gasteiger partial charge >= 0.3 is 5.97 Å². The van der Waals surface area contributed by atoms with E-state index in [1.54, 1.807) is 6.92 Å². The highest BCUT2D eigenvalue weighted by atomic mass is 79.9. The number of nitrogens with zero attached hydrogens (tertiary/aromatic N) is 1. The summed E-state index contributed by atoms with van der Waals surface area (Å²) in [6, 6.07) is 23.9. The van der Waals surface area contributed by atoms with Crippen molar-refractivity contribution < 1.29 is 19.1 Å². The fourth-order valence-corrected chi connectivity index (χ4v) is 7.53. The van der Waals surface area contributed by atoms with E-state index in [1.165, 1.54) is 0 Å². The molecule has 2 heterocycles. The van der Waals surface area contributed by atoms with Crippen LogP contribution >= 0.6 is 15.9 Å². The Morgan fingerprint density at radius 2 is 1.79 bits per heavy atom. The molecule has 2 saturated heterocycles. The fraction of sp³-hybridized carbons (Fsp3) is 0.286. The third-order valence-electron chi connectivity index (χ3n) is 8.19. The van der Waals surface area contributed by atoms with Crippen molar-refractivity contribution in [1.29, 1.82) is 0 Å². The predicted molar refractivity (Wildman–Crippen MR) is 129 cm³/mol. The molecule has 6 heteroatoms. The van der Waals surface area contributed by atoms with E-state index in [0.717, 1.165) is 32.3 Å². The Bertz CT molecular complexity index is 1370. The standard InChI is InChI=1S/C28H22BrNO4/c1-2-33-26(32)28-23(22-15-34-24(30(22)25(28)31)16-8-4-3-5-9-16)27(28)20-11-7-6-10-18(20)19-14-17(29)12-13-21(19)27/h3-14,22-24H,2,15H2,1H3/t22-,23+,24-,27+,28-/m1/s1. The number of benzene rings is 3. The Labute approximate surface area is 205 Å². The van der Waals surface area contributed by atoms with E-state index in [0.29, 0.717) is 6.61 Å². The molecular formula is C28H22BrNO4. The number of esters is 1. The van der Waals surface area contributed by atoms with Gasteiger partial charge in [-0.15, -0.1) is 0 Å². The Morgan fingerprint density at radius 3 is 2.59 bits per heavy atom. The van der Waals surface area contributed by atoms with Crippen molar-refractivity contribution in [2.24, 2.45) is 11.3 Å². The summed E-state index contributed by atoms with van der Waals surface area (Å²) in [5.41, 5.74) is 3.13. The normalized spacial score (nSPS) is 31.8. The second kappa shape index (κ2) is 6.80. The zero-order chi connectivity index (χ0) is 23.2. The minimum atomic E-state index is -1.28. The molecular weight excluding hydrogens is 494 g/mol. The molecule has 5 nitrogen and oxygen atoms in total. The summed E-state index contributed by atoms with van der Waals surface area (Å²) >= 11 is 3.61. The fourth-order valence-electron chi connectivity index (χ4n) is 7.17. The Morgan fingerprint density at radius 1 is 1.06 bits per heavy atom. The number of ether oxygens (including phenoxy) is 2. The number of hydrogen-bond donors (Lipinski definition) is 0. The van der Waals surface area contributed by atoms with Gasteiger partial charge < -0.3 is 14.4 Å². The number of piperidine rings is 1. The highest BCUT2D eigenvalue weighted by Crippen LogP contribution is 2.83. The van der Waals surface area contributed by atoms with Crippen LogP contribution in [0, 0.1) is 11.3 Å². The third-order valence-corrected chi connectivity index (χ3v) is 8.69. The number of amides is 1. The lowest BCUT2D eigenvalue weighted by atomic mass is 9.81. The lowest BCUT2D eigenvalue weighted by molar-refractivity contribution is -0.159. The molecule has 0 aromatic heterocycles. The summed E-state index contributed by atoms with van der Waals surface area (Å²) in [6.07, 6.45) is -0.490. The van der Waals surface area contributed by atoms with E-state index in [-0.39, 0.29) is 24.5 Å². The molecule has 5 atom stereocenters. The first-order chi connectivity index (χ1) is 16.6. The molecule has 1 saturated carbocycles. The van der Waals surface area contributed by atoms with Crippen LogP contribution in [-0.4, -0.2) is 36.0 Å². The smallest absolute Gasteiger partial charge is 0.323 e. The molecule has 7 rings (SSSR count). The molecule has 0 unspecified atom stereocenters. The Kier molecular flexibility index (Phi) is 4.08. The summed E-state index contributed by atoms with van der Waals surface area (Å²) in [4.78, 5) is 30.1. The first-order valence-corrected chi connectivity index (χ1v) is 12.4. The summed E-state index contributed by atoms with van der Waals surface area (Å²) in [5, 5.41) is 0. The van der Waals surface area contributed by atoms with E-state index in [9.17, 15) is 9.59 Å². The van der Waals surface area contributed by atoms with Gasteiger partial charge in [-0.2, -0.15) is 0 Å². The van der Waals surface area contributed by atoms with E-state index < -0.39 is 23.0 Å². The van der Waals surface area contributed by atoms with Gasteiger partial charge in [-0.1, -0.05) is 76.6 Å². The number of rotatable bonds is 3. The van der Waals surface area contributed by atoms with E-state index in [1.807, 2.05) is 53.4 Å². The number of fused-ring (bicyclic) bond motifs is 10. The Balaban J connectivity index is 1.46. The van der Waals surface area contributed by atoms with Crippen LogP contribution in [0.3, 0.4) is 0 Å². The van der Waals surface area contributed by atoms with E-state index in [2.05, 4.69) is 40.2 Å². The molecule has 3 aromatic carbocycles. The quantitative estimate of drug-likeness (QED) is 0.370. The lowest BCUT2D eigenvalue weighted by Crippen LogP contribution is -2.45. The van der Waals surface area contributed by atoms with Crippen LogP contribution in [0.25, 0.3) is 11.1 Å². The molecule has 4 aliphatic rings. The SMILES string of the molecule is CCOC(=O)[C@]12C(=O)N3[C@@H](c4ccccc4)OC[C@@H]3[C@H]1[C@@]21c2ccccc2-c2cc(Br)ccc21. The number of carbonyl (C=O) groups excluding carboxylic acids is 2. The summed E-state index contributed by atoms with van der Waals surface area (Å²) < 4.78 is 12.8. The molecule has 1 spiro atoms. The van der Waals surface area contributed by atoms with Crippen LogP contribution in [0.1, 0.15) is 29.8 Å². The first kappa shape index (κ1) is 20.4. The maximum absolute atomic E-state index is 14.4. The maximum atomic E-state index is 14.4. The van der Waals surface area contributed by atoms with Crippen LogP contribution in [0.15, 0.2) is 77.3 Å². The number of hydrogen-bond acceptors (Lipinski definition) is 4. The zero-order valence-corrected chi connectivity index (χ0v) is 20.1. The van der Waals surface area contributed by atoms with Crippen molar-refractivity contribution >= 4 is 27.8 Å². The van der Waals surface area contributed by atoms with Crippen molar-refractivity contribution in [2.45, 2.75) is 24.6 Å². The minimum Gasteiger partial charge on any atom is -0.465 e.